The van der Waals surface area contributed by atoms with Gasteiger partial charge in [-0.15, -0.1) is 0 Å². The van der Waals surface area contributed by atoms with Crippen molar-refractivity contribution < 1.29 is 19.1 Å². The van der Waals surface area contributed by atoms with Crippen molar-refractivity contribution in [3.8, 4) is 11.5 Å². The standard InChI is InChI=1S/C21H20N2O4/c1-21-10-8-19(24)23(21)16-5-3-2-4-15(16)20(25)22(21)11-9-14-6-7-17-18(12-14)27-13-26-17/h2-7,12H,8-11,13H2,1H3. The van der Waals surface area contributed by atoms with Crippen molar-refractivity contribution >= 4 is 17.5 Å². The van der Waals surface area contributed by atoms with Crippen molar-refractivity contribution in [2.24, 2.45) is 0 Å². The molecule has 2 amide bonds. The molecule has 5 rings (SSSR count). The van der Waals surface area contributed by atoms with Gasteiger partial charge in [-0.25, -0.2) is 0 Å². The van der Waals surface area contributed by atoms with Crippen LogP contribution >= 0.6 is 0 Å². The maximum absolute atomic E-state index is 13.2. The monoisotopic (exact) mass is 364 g/mol. The Hall–Kier alpha value is -3.02. The van der Waals surface area contributed by atoms with Crippen LogP contribution in [0.4, 0.5) is 5.69 Å². The van der Waals surface area contributed by atoms with Gasteiger partial charge >= 0.3 is 0 Å². The summed E-state index contributed by atoms with van der Waals surface area (Å²) in [5.41, 5.74) is 1.78. The number of anilines is 1. The van der Waals surface area contributed by atoms with Crippen molar-refractivity contribution in [3.05, 3.63) is 53.6 Å². The average molecular weight is 364 g/mol. The number of ether oxygens (including phenoxy) is 2. The average Bonchev–Trinajstić information content (AvgIpc) is 3.26. The summed E-state index contributed by atoms with van der Waals surface area (Å²) in [4.78, 5) is 29.5. The zero-order valence-electron chi connectivity index (χ0n) is 15.1. The summed E-state index contributed by atoms with van der Waals surface area (Å²) in [6.45, 7) is 2.77. The molecule has 2 aromatic carbocycles. The molecule has 0 saturated carbocycles. The molecule has 6 heteroatoms. The SMILES string of the molecule is CC12CCC(=O)N1c1ccccc1C(=O)N2CCc1ccc2c(c1)OCO2. The molecule has 138 valence electrons. The Balaban J connectivity index is 1.47. The van der Waals surface area contributed by atoms with Crippen molar-refractivity contribution in [2.45, 2.75) is 31.8 Å². The first-order valence-corrected chi connectivity index (χ1v) is 9.20. The quantitative estimate of drug-likeness (QED) is 0.840. The van der Waals surface area contributed by atoms with Gasteiger partial charge in [0.25, 0.3) is 5.91 Å². The highest BCUT2D eigenvalue weighted by Gasteiger charge is 2.52. The van der Waals surface area contributed by atoms with E-state index in [2.05, 4.69) is 0 Å². The zero-order valence-corrected chi connectivity index (χ0v) is 15.1. The Labute approximate surface area is 157 Å². The Morgan fingerprint density at radius 1 is 1.07 bits per heavy atom. The lowest BCUT2D eigenvalue weighted by molar-refractivity contribution is -0.117. The third kappa shape index (κ3) is 2.32. The Morgan fingerprint density at radius 3 is 2.78 bits per heavy atom. The smallest absolute Gasteiger partial charge is 0.257 e. The minimum atomic E-state index is -0.612. The minimum Gasteiger partial charge on any atom is -0.454 e. The topological polar surface area (TPSA) is 59.1 Å². The van der Waals surface area contributed by atoms with E-state index in [9.17, 15) is 9.59 Å². The van der Waals surface area contributed by atoms with E-state index < -0.39 is 5.66 Å². The summed E-state index contributed by atoms with van der Waals surface area (Å²) in [5.74, 6) is 1.55. The summed E-state index contributed by atoms with van der Waals surface area (Å²) in [5, 5.41) is 0. The van der Waals surface area contributed by atoms with E-state index in [4.69, 9.17) is 9.47 Å². The number of amides is 2. The highest BCUT2D eigenvalue weighted by molar-refractivity contribution is 6.10. The van der Waals surface area contributed by atoms with Gasteiger partial charge in [0, 0.05) is 13.0 Å². The van der Waals surface area contributed by atoms with E-state index in [1.165, 1.54) is 0 Å². The molecule has 0 bridgehead atoms. The molecule has 2 aromatic rings. The second-order valence-electron chi connectivity index (χ2n) is 7.36. The molecular weight excluding hydrogens is 344 g/mol. The van der Waals surface area contributed by atoms with Crippen LogP contribution < -0.4 is 14.4 Å². The zero-order chi connectivity index (χ0) is 18.6. The van der Waals surface area contributed by atoms with Crippen LogP contribution in [0.2, 0.25) is 0 Å². The molecule has 0 aliphatic carbocycles. The number of para-hydroxylation sites is 1. The lowest BCUT2D eigenvalue weighted by Gasteiger charge is -2.48. The van der Waals surface area contributed by atoms with E-state index in [-0.39, 0.29) is 18.6 Å². The number of carbonyl (C=O) groups excluding carboxylic acids is 2. The molecule has 3 aliphatic heterocycles. The molecule has 3 aliphatic rings. The summed E-state index contributed by atoms with van der Waals surface area (Å²) in [7, 11) is 0. The van der Waals surface area contributed by atoms with Crippen LogP contribution in [-0.2, 0) is 11.2 Å². The number of nitrogens with zero attached hydrogens (tertiary/aromatic N) is 2. The van der Waals surface area contributed by atoms with E-state index in [1.54, 1.807) is 6.07 Å². The Kier molecular flexibility index (Phi) is 3.44. The van der Waals surface area contributed by atoms with Crippen molar-refractivity contribution in [3.63, 3.8) is 0 Å². The van der Waals surface area contributed by atoms with Gasteiger partial charge in [-0.3, -0.25) is 14.5 Å². The van der Waals surface area contributed by atoms with Gasteiger partial charge in [-0.05, 0) is 49.6 Å². The second-order valence-corrected chi connectivity index (χ2v) is 7.36. The van der Waals surface area contributed by atoms with Crippen LogP contribution in [0.3, 0.4) is 0 Å². The van der Waals surface area contributed by atoms with Gasteiger partial charge in [0.1, 0.15) is 5.66 Å². The van der Waals surface area contributed by atoms with Crippen LogP contribution in [-0.4, -0.2) is 35.7 Å². The number of carbonyl (C=O) groups is 2. The van der Waals surface area contributed by atoms with Crippen LogP contribution in [0.5, 0.6) is 11.5 Å². The molecule has 6 nitrogen and oxygen atoms in total. The van der Waals surface area contributed by atoms with Gasteiger partial charge in [-0.2, -0.15) is 0 Å². The van der Waals surface area contributed by atoms with E-state index >= 15 is 0 Å². The Morgan fingerprint density at radius 2 is 1.89 bits per heavy atom. The molecule has 1 unspecified atom stereocenters. The van der Waals surface area contributed by atoms with Gasteiger partial charge in [-0.1, -0.05) is 18.2 Å². The van der Waals surface area contributed by atoms with Crippen molar-refractivity contribution in [1.29, 1.82) is 0 Å². The van der Waals surface area contributed by atoms with E-state index in [0.717, 1.165) is 22.7 Å². The summed E-state index contributed by atoms with van der Waals surface area (Å²) >= 11 is 0. The molecular formula is C21H20N2O4. The number of fused-ring (bicyclic) bond motifs is 4. The van der Waals surface area contributed by atoms with Crippen molar-refractivity contribution in [1.82, 2.24) is 4.90 Å². The summed E-state index contributed by atoms with van der Waals surface area (Å²) < 4.78 is 10.8. The number of rotatable bonds is 3. The number of hydrogen-bond acceptors (Lipinski definition) is 4. The number of hydrogen-bond donors (Lipinski definition) is 0. The fourth-order valence-electron chi connectivity index (χ4n) is 4.38. The summed E-state index contributed by atoms with van der Waals surface area (Å²) in [6.07, 6.45) is 1.79. The lowest BCUT2D eigenvalue weighted by atomic mass is 9.97. The van der Waals surface area contributed by atoms with Gasteiger partial charge in [0.05, 0.1) is 11.3 Å². The molecule has 3 heterocycles. The molecule has 0 spiro atoms. The van der Waals surface area contributed by atoms with Crippen LogP contribution in [0.1, 0.15) is 35.7 Å². The third-order valence-corrected chi connectivity index (χ3v) is 5.81. The highest BCUT2D eigenvalue weighted by Crippen LogP contribution is 2.44. The normalized spacial score (nSPS) is 22.9. The van der Waals surface area contributed by atoms with Crippen molar-refractivity contribution in [2.75, 3.05) is 18.2 Å². The third-order valence-electron chi connectivity index (χ3n) is 5.81. The van der Waals surface area contributed by atoms with E-state index in [1.807, 2.05) is 53.1 Å². The second kappa shape index (κ2) is 5.74. The lowest BCUT2D eigenvalue weighted by Crippen LogP contribution is -2.62. The summed E-state index contributed by atoms with van der Waals surface area (Å²) in [6, 6.07) is 13.2. The predicted molar refractivity (Wildman–Crippen MR) is 98.9 cm³/mol. The fraction of sp³-hybridized carbons (Fsp3) is 0.333. The minimum absolute atomic E-state index is 0.0141. The first kappa shape index (κ1) is 16.2. The molecule has 0 aromatic heterocycles. The maximum atomic E-state index is 13.2. The molecule has 1 saturated heterocycles. The molecule has 27 heavy (non-hydrogen) atoms. The van der Waals surface area contributed by atoms with Gasteiger partial charge in [0.2, 0.25) is 12.7 Å². The number of benzene rings is 2. The van der Waals surface area contributed by atoms with Gasteiger partial charge in [0.15, 0.2) is 11.5 Å². The fourth-order valence-corrected chi connectivity index (χ4v) is 4.38. The first-order chi connectivity index (χ1) is 13.1. The van der Waals surface area contributed by atoms with Crippen LogP contribution in [0.25, 0.3) is 0 Å². The highest BCUT2D eigenvalue weighted by atomic mass is 16.7. The Bertz CT molecular complexity index is 957. The largest absolute Gasteiger partial charge is 0.454 e. The molecule has 1 fully saturated rings. The molecule has 1 atom stereocenters. The van der Waals surface area contributed by atoms with E-state index in [0.29, 0.717) is 31.4 Å². The van der Waals surface area contributed by atoms with Crippen LogP contribution in [0, 0.1) is 0 Å². The van der Waals surface area contributed by atoms with Gasteiger partial charge < -0.3 is 14.4 Å². The maximum Gasteiger partial charge on any atom is 0.257 e. The molecule has 0 radical (unpaired) electrons. The van der Waals surface area contributed by atoms with Crippen LogP contribution in [0.15, 0.2) is 42.5 Å². The predicted octanol–water partition coefficient (Wildman–Crippen LogP) is 2.96. The molecule has 0 N–H and O–H groups in total. The first-order valence-electron chi connectivity index (χ1n) is 9.20.